The van der Waals surface area contributed by atoms with Gasteiger partial charge in [-0.15, -0.1) is 0 Å². The maximum Gasteiger partial charge on any atom is 0.253 e. The quantitative estimate of drug-likeness (QED) is 0.766. The van der Waals surface area contributed by atoms with Crippen molar-refractivity contribution in [2.75, 3.05) is 18.9 Å². The summed E-state index contributed by atoms with van der Waals surface area (Å²) in [6.45, 7) is 0.459. The average molecular weight is 262 g/mol. The van der Waals surface area contributed by atoms with Crippen LogP contribution in [0.25, 0.3) is 0 Å². The monoisotopic (exact) mass is 262 g/mol. The highest BCUT2D eigenvalue weighted by molar-refractivity contribution is 5.99. The van der Waals surface area contributed by atoms with Crippen LogP contribution in [0.3, 0.4) is 0 Å². The van der Waals surface area contributed by atoms with Crippen LogP contribution in [0.1, 0.15) is 16.1 Å². The predicted molar refractivity (Wildman–Crippen MR) is 70.6 cm³/mol. The van der Waals surface area contributed by atoms with E-state index in [4.69, 9.17) is 0 Å². The van der Waals surface area contributed by atoms with Gasteiger partial charge in [-0.3, -0.25) is 4.79 Å². The van der Waals surface area contributed by atoms with Gasteiger partial charge in [0.15, 0.2) is 0 Å². The average Bonchev–Trinajstić information content (AvgIpc) is 2.91. The number of nitrogens with zero attached hydrogens (tertiary/aromatic N) is 1. The number of benzene rings is 1. The number of halogens is 1. The molecule has 2 aromatic rings. The molecule has 0 unspecified atom stereocenters. The van der Waals surface area contributed by atoms with Gasteiger partial charge in [-0.1, -0.05) is 6.07 Å². The lowest BCUT2D eigenvalue weighted by Crippen LogP contribution is -2.26. The van der Waals surface area contributed by atoms with Crippen molar-refractivity contribution in [3.05, 3.63) is 47.8 Å². The summed E-state index contributed by atoms with van der Waals surface area (Å²) in [4.78, 5) is 18.8. The Morgan fingerprint density at radius 3 is 3.00 bits per heavy atom. The number of H-pyrrole nitrogens is 1. The minimum Gasteiger partial charge on any atom is -0.385 e. The molecule has 0 fully saturated rings. The molecule has 1 heterocycles. The van der Waals surface area contributed by atoms with Crippen LogP contribution in [-0.2, 0) is 6.42 Å². The van der Waals surface area contributed by atoms with Crippen molar-refractivity contribution in [3.8, 4) is 0 Å². The van der Waals surface area contributed by atoms with E-state index in [1.165, 1.54) is 12.1 Å². The fourth-order valence-electron chi connectivity index (χ4n) is 1.79. The van der Waals surface area contributed by atoms with Crippen molar-refractivity contribution in [3.63, 3.8) is 0 Å². The second-order valence-electron chi connectivity index (χ2n) is 4.00. The molecule has 19 heavy (non-hydrogen) atoms. The Bertz CT molecular complexity index is 554. The Morgan fingerprint density at radius 2 is 2.32 bits per heavy atom. The molecule has 100 valence electrons. The van der Waals surface area contributed by atoms with E-state index in [0.29, 0.717) is 18.5 Å². The van der Waals surface area contributed by atoms with Gasteiger partial charge in [-0.2, -0.15) is 0 Å². The lowest BCUT2D eigenvalue weighted by atomic mass is 10.1. The number of rotatable bonds is 5. The molecule has 2 rings (SSSR count). The van der Waals surface area contributed by atoms with Gasteiger partial charge in [0, 0.05) is 31.9 Å². The molecule has 0 radical (unpaired) electrons. The number of anilines is 1. The minimum absolute atomic E-state index is 0.210. The third-order valence-corrected chi connectivity index (χ3v) is 2.74. The highest BCUT2D eigenvalue weighted by atomic mass is 19.1. The third-order valence-electron chi connectivity index (χ3n) is 2.74. The largest absolute Gasteiger partial charge is 0.385 e. The van der Waals surface area contributed by atoms with Crippen LogP contribution in [-0.4, -0.2) is 29.5 Å². The van der Waals surface area contributed by atoms with Gasteiger partial charge in [-0.25, -0.2) is 9.37 Å². The number of amides is 1. The van der Waals surface area contributed by atoms with E-state index in [1.807, 2.05) is 0 Å². The van der Waals surface area contributed by atoms with Gasteiger partial charge in [0.2, 0.25) is 0 Å². The number of aromatic nitrogens is 2. The maximum atomic E-state index is 13.5. The zero-order chi connectivity index (χ0) is 13.7. The number of para-hydroxylation sites is 1. The SMILES string of the molecule is CNc1c(F)cccc1C(=O)NCCc1cnc[nH]1. The van der Waals surface area contributed by atoms with Crippen LogP contribution in [0, 0.1) is 5.82 Å². The normalized spacial score (nSPS) is 10.2. The van der Waals surface area contributed by atoms with Crippen LogP contribution in [0.15, 0.2) is 30.7 Å². The molecule has 6 heteroatoms. The number of nitrogens with one attached hydrogen (secondary N) is 3. The van der Waals surface area contributed by atoms with Crippen LogP contribution < -0.4 is 10.6 Å². The first-order chi connectivity index (χ1) is 9.22. The Kier molecular flexibility index (Phi) is 4.12. The van der Waals surface area contributed by atoms with Crippen molar-refractivity contribution in [1.82, 2.24) is 15.3 Å². The van der Waals surface area contributed by atoms with E-state index in [0.717, 1.165) is 5.69 Å². The van der Waals surface area contributed by atoms with Crippen molar-refractivity contribution in [2.24, 2.45) is 0 Å². The fraction of sp³-hybridized carbons (Fsp3) is 0.231. The highest BCUT2D eigenvalue weighted by Crippen LogP contribution is 2.18. The Hall–Kier alpha value is -2.37. The first kappa shape index (κ1) is 13.1. The van der Waals surface area contributed by atoms with E-state index >= 15 is 0 Å². The number of imidazole rings is 1. The fourth-order valence-corrected chi connectivity index (χ4v) is 1.79. The maximum absolute atomic E-state index is 13.5. The Balaban J connectivity index is 1.98. The van der Waals surface area contributed by atoms with Crippen LogP contribution in [0.5, 0.6) is 0 Å². The number of hydrogen-bond acceptors (Lipinski definition) is 3. The van der Waals surface area contributed by atoms with Gasteiger partial charge >= 0.3 is 0 Å². The third kappa shape index (κ3) is 3.09. The molecule has 1 amide bonds. The van der Waals surface area contributed by atoms with Gasteiger partial charge < -0.3 is 15.6 Å². The van der Waals surface area contributed by atoms with E-state index in [9.17, 15) is 9.18 Å². The molecule has 0 saturated carbocycles. The number of carbonyl (C=O) groups excluding carboxylic acids is 1. The molecule has 0 aliphatic heterocycles. The van der Waals surface area contributed by atoms with Crippen molar-refractivity contribution in [2.45, 2.75) is 6.42 Å². The van der Waals surface area contributed by atoms with E-state index < -0.39 is 5.82 Å². The van der Waals surface area contributed by atoms with Gasteiger partial charge in [0.1, 0.15) is 5.82 Å². The van der Waals surface area contributed by atoms with E-state index in [1.54, 1.807) is 25.6 Å². The molecule has 1 aromatic carbocycles. The molecule has 0 saturated heterocycles. The summed E-state index contributed by atoms with van der Waals surface area (Å²) < 4.78 is 13.5. The lowest BCUT2D eigenvalue weighted by Gasteiger charge is -2.10. The first-order valence-corrected chi connectivity index (χ1v) is 5.94. The standard InChI is InChI=1S/C13H15FN4O/c1-15-12-10(3-2-4-11(12)14)13(19)17-6-5-9-7-16-8-18-9/h2-4,7-8,15H,5-6H2,1H3,(H,16,18)(H,17,19). The van der Waals surface area contributed by atoms with Crippen molar-refractivity contribution >= 4 is 11.6 Å². The second-order valence-corrected chi connectivity index (χ2v) is 4.00. The molecule has 0 bridgehead atoms. The molecular weight excluding hydrogens is 247 g/mol. The van der Waals surface area contributed by atoms with Crippen LogP contribution >= 0.6 is 0 Å². The van der Waals surface area contributed by atoms with Crippen LogP contribution in [0.4, 0.5) is 10.1 Å². The zero-order valence-corrected chi connectivity index (χ0v) is 10.5. The van der Waals surface area contributed by atoms with Gasteiger partial charge in [0.05, 0.1) is 17.6 Å². The van der Waals surface area contributed by atoms with Gasteiger partial charge in [-0.05, 0) is 12.1 Å². The zero-order valence-electron chi connectivity index (χ0n) is 10.5. The number of carbonyl (C=O) groups is 1. The Morgan fingerprint density at radius 1 is 1.47 bits per heavy atom. The minimum atomic E-state index is -0.441. The van der Waals surface area contributed by atoms with E-state index in [2.05, 4.69) is 20.6 Å². The summed E-state index contributed by atoms with van der Waals surface area (Å²) >= 11 is 0. The summed E-state index contributed by atoms with van der Waals surface area (Å²) in [6, 6.07) is 4.41. The van der Waals surface area contributed by atoms with Gasteiger partial charge in [0.25, 0.3) is 5.91 Å². The topological polar surface area (TPSA) is 69.8 Å². The summed E-state index contributed by atoms with van der Waals surface area (Å²) in [6.07, 6.45) is 3.94. The number of hydrogen-bond donors (Lipinski definition) is 3. The molecular formula is C13H15FN4O. The van der Waals surface area contributed by atoms with Crippen LogP contribution in [0.2, 0.25) is 0 Å². The van der Waals surface area contributed by atoms with E-state index in [-0.39, 0.29) is 11.6 Å². The summed E-state index contributed by atoms with van der Waals surface area (Å²) in [5, 5.41) is 5.44. The second kappa shape index (κ2) is 5.99. The summed E-state index contributed by atoms with van der Waals surface area (Å²) in [7, 11) is 1.58. The molecule has 0 aliphatic rings. The smallest absolute Gasteiger partial charge is 0.253 e. The van der Waals surface area contributed by atoms with Crippen molar-refractivity contribution in [1.29, 1.82) is 0 Å². The molecule has 0 spiro atoms. The molecule has 0 atom stereocenters. The molecule has 3 N–H and O–H groups in total. The number of aromatic amines is 1. The highest BCUT2D eigenvalue weighted by Gasteiger charge is 2.13. The summed E-state index contributed by atoms with van der Waals surface area (Å²) in [5.74, 6) is -0.743. The molecule has 1 aromatic heterocycles. The van der Waals surface area contributed by atoms with Crippen molar-refractivity contribution < 1.29 is 9.18 Å². The predicted octanol–water partition coefficient (Wildman–Crippen LogP) is 1.56. The molecule has 5 nitrogen and oxygen atoms in total. The molecule has 0 aliphatic carbocycles. The Labute approximate surface area is 110 Å². The lowest BCUT2D eigenvalue weighted by molar-refractivity contribution is 0.0954. The first-order valence-electron chi connectivity index (χ1n) is 5.94. The summed E-state index contributed by atoms with van der Waals surface area (Å²) in [5.41, 5.74) is 1.45.